The molecule has 63 heavy (non-hydrogen) atoms. The van der Waals surface area contributed by atoms with Crippen molar-refractivity contribution in [3.8, 4) is 0 Å². The Hall–Kier alpha value is -3.73. The van der Waals surface area contributed by atoms with E-state index in [4.69, 9.17) is 9.47 Å². The fourth-order valence-electron chi connectivity index (χ4n) is 6.45. The van der Waals surface area contributed by atoms with Crippen LogP contribution in [0.2, 0.25) is 0 Å². The van der Waals surface area contributed by atoms with Crippen LogP contribution in [0.5, 0.6) is 0 Å². The van der Waals surface area contributed by atoms with Gasteiger partial charge in [-0.3, -0.25) is 4.79 Å². The maximum Gasteiger partial charge on any atom is 0.306 e. The topological polar surface area (TPSA) is 55.8 Å². The number of allylic oxidation sites excluding steroid dienone is 24. The lowest BCUT2D eigenvalue weighted by Crippen LogP contribution is -2.27. The Kier molecular flexibility index (Phi) is 51.2. The Morgan fingerprint density at radius 1 is 0.381 bits per heavy atom. The van der Waals surface area contributed by atoms with E-state index in [1.807, 2.05) is 0 Å². The van der Waals surface area contributed by atoms with Gasteiger partial charge in [0.2, 0.25) is 0 Å². The largest absolute Gasteiger partial charge is 0.457 e. The molecule has 0 rings (SSSR count). The number of esters is 1. The van der Waals surface area contributed by atoms with Crippen LogP contribution >= 0.6 is 0 Å². The third-order valence-electron chi connectivity index (χ3n) is 10.2. The van der Waals surface area contributed by atoms with Crippen LogP contribution in [-0.4, -0.2) is 37.0 Å². The summed E-state index contributed by atoms with van der Waals surface area (Å²) in [5.74, 6) is -0.240. The van der Waals surface area contributed by atoms with Crippen molar-refractivity contribution in [3.63, 3.8) is 0 Å². The van der Waals surface area contributed by atoms with Gasteiger partial charge in [-0.25, -0.2) is 0 Å². The highest BCUT2D eigenvalue weighted by atomic mass is 16.6. The molecule has 1 atom stereocenters. The number of carbonyl (C=O) groups excluding carboxylic acids is 1. The van der Waals surface area contributed by atoms with Gasteiger partial charge in [-0.2, -0.15) is 0 Å². The van der Waals surface area contributed by atoms with E-state index in [0.717, 1.165) is 116 Å². The summed E-state index contributed by atoms with van der Waals surface area (Å²) >= 11 is 0. The molecule has 0 radical (unpaired) electrons. The summed E-state index contributed by atoms with van der Waals surface area (Å²) in [5.41, 5.74) is 0. The van der Waals surface area contributed by atoms with E-state index in [1.165, 1.54) is 57.8 Å². The summed E-state index contributed by atoms with van der Waals surface area (Å²) in [6.45, 7) is 5.05. The molecule has 0 heterocycles. The van der Waals surface area contributed by atoms with E-state index in [9.17, 15) is 9.90 Å². The highest BCUT2D eigenvalue weighted by Gasteiger charge is 2.13. The number of hydrogen-bond acceptors (Lipinski definition) is 4. The lowest BCUT2D eigenvalue weighted by atomic mass is 10.1. The Balaban J connectivity index is 3.57. The van der Waals surface area contributed by atoms with Crippen LogP contribution < -0.4 is 0 Å². The molecule has 4 heteroatoms. The van der Waals surface area contributed by atoms with Crippen LogP contribution in [-0.2, 0) is 14.3 Å². The van der Waals surface area contributed by atoms with Gasteiger partial charge in [0, 0.05) is 13.0 Å². The molecule has 0 aromatic rings. The summed E-state index contributed by atoms with van der Waals surface area (Å²) in [7, 11) is 0. The smallest absolute Gasteiger partial charge is 0.306 e. The molecule has 0 aliphatic rings. The molecule has 1 unspecified atom stereocenters. The van der Waals surface area contributed by atoms with Gasteiger partial charge >= 0.3 is 5.97 Å². The summed E-state index contributed by atoms with van der Waals surface area (Å²) in [6, 6.07) is 0. The zero-order valence-electron chi connectivity index (χ0n) is 40.5. The van der Waals surface area contributed by atoms with Crippen molar-refractivity contribution >= 4 is 5.97 Å². The average Bonchev–Trinajstić information content (AvgIpc) is 3.29. The van der Waals surface area contributed by atoms with E-state index in [0.29, 0.717) is 13.0 Å². The number of aliphatic hydroxyl groups excluding tert-OH is 1. The second-order valence-corrected chi connectivity index (χ2v) is 16.1. The number of hydrogen-bond donors (Lipinski definition) is 1. The standard InChI is InChI=1S/C59H94O4/c1-3-5-7-9-11-13-15-17-19-21-23-25-27-29-31-33-35-37-39-41-43-45-47-49-51-53-55-62-57-58(56-60)63-59(61)54-52-50-48-46-44-42-40-38-36-34-32-30-28-26-24-22-20-18-16-14-12-10-8-6-4-2/h5-8,11-14,17-20,23-26,29-32,36,38,42,44,58,60H,3-4,9-10,15-16,21-22,27-28,33-35,37,39-41,43,45-57H2,1-2H3/b7-5-,8-6-,13-11-,14-12-,19-17-,20-18-,25-23-,26-24-,31-29-,32-30-,38-36-,44-42-. The molecule has 354 valence electrons. The Morgan fingerprint density at radius 3 is 1.00 bits per heavy atom. The third-order valence-corrected chi connectivity index (χ3v) is 10.2. The zero-order valence-corrected chi connectivity index (χ0v) is 40.5. The minimum absolute atomic E-state index is 0.198. The monoisotopic (exact) mass is 867 g/mol. The number of rotatable bonds is 45. The number of aliphatic hydroxyl groups is 1. The minimum atomic E-state index is -0.568. The molecule has 0 saturated heterocycles. The van der Waals surface area contributed by atoms with E-state index < -0.39 is 6.10 Å². The van der Waals surface area contributed by atoms with Gasteiger partial charge < -0.3 is 14.6 Å². The highest BCUT2D eigenvalue weighted by Crippen LogP contribution is 2.12. The Morgan fingerprint density at radius 2 is 0.667 bits per heavy atom. The van der Waals surface area contributed by atoms with Gasteiger partial charge in [-0.1, -0.05) is 217 Å². The molecule has 0 spiro atoms. The molecule has 0 aliphatic heterocycles. The minimum Gasteiger partial charge on any atom is -0.457 e. The number of ether oxygens (including phenoxy) is 2. The van der Waals surface area contributed by atoms with Crippen LogP contribution in [0, 0.1) is 0 Å². The molecule has 0 bridgehead atoms. The van der Waals surface area contributed by atoms with Gasteiger partial charge in [0.15, 0.2) is 0 Å². The highest BCUT2D eigenvalue weighted by molar-refractivity contribution is 5.69. The van der Waals surface area contributed by atoms with Crippen molar-refractivity contribution in [3.05, 3.63) is 146 Å². The fourth-order valence-corrected chi connectivity index (χ4v) is 6.45. The first-order valence-corrected chi connectivity index (χ1v) is 25.4. The molecule has 0 fully saturated rings. The lowest BCUT2D eigenvalue weighted by Gasteiger charge is -2.15. The molecule has 4 nitrogen and oxygen atoms in total. The SMILES string of the molecule is CC/C=C\C/C=C\C/C=C\C/C=C\C/C=C\C/C=C\C/C=C\CCCCCC(=O)OC(CO)COCCCCCCCCCCCC/C=C\C/C=C\C/C=C\C/C=C\C/C=C\CC. The van der Waals surface area contributed by atoms with E-state index in [1.54, 1.807) is 0 Å². The summed E-state index contributed by atoms with van der Waals surface area (Å²) in [4.78, 5) is 12.3. The summed E-state index contributed by atoms with van der Waals surface area (Å²) in [5, 5.41) is 9.65. The van der Waals surface area contributed by atoms with Crippen LogP contribution in [0.25, 0.3) is 0 Å². The zero-order chi connectivity index (χ0) is 45.5. The quantitative estimate of drug-likeness (QED) is 0.0376. The predicted molar refractivity (Wildman–Crippen MR) is 278 cm³/mol. The molecule has 0 amide bonds. The Bertz CT molecular complexity index is 1330. The van der Waals surface area contributed by atoms with Gasteiger partial charge in [-0.15, -0.1) is 0 Å². The molecular formula is C59H94O4. The normalized spacial score (nSPS) is 13.6. The molecule has 0 aromatic heterocycles. The van der Waals surface area contributed by atoms with Crippen LogP contribution in [0.4, 0.5) is 0 Å². The Labute approximate surface area is 389 Å². The second-order valence-electron chi connectivity index (χ2n) is 16.1. The van der Waals surface area contributed by atoms with Crippen molar-refractivity contribution in [1.82, 2.24) is 0 Å². The van der Waals surface area contributed by atoms with Crippen molar-refractivity contribution in [2.24, 2.45) is 0 Å². The number of unbranched alkanes of at least 4 members (excludes halogenated alkanes) is 13. The number of carbonyl (C=O) groups is 1. The summed E-state index contributed by atoms with van der Waals surface area (Å²) in [6.07, 6.45) is 83.6. The van der Waals surface area contributed by atoms with Gasteiger partial charge in [0.05, 0.1) is 13.2 Å². The molecule has 0 aliphatic carbocycles. The maximum absolute atomic E-state index is 12.3. The maximum atomic E-state index is 12.3. The van der Waals surface area contributed by atoms with Gasteiger partial charge in [0.1, 0.15) is 6.10 Å². The second kappa shape index (κ2) is 54.4. The fraction of sp³-hybridized carbons (Fsp3) is 0.576. The first-order chi connectivity index (χ1) is 31.2. The predicted octanol–water partition coefficient (Wildman–Crippen LogP) is 17.5. The van der Waals surface area contributed by atoms with Crippen molar-refractivity contribution in [2.45, 2.75) is 200 Å². The van der Waals surface area contributed by atoms with E-state index >= 15 is 0 Å². The van der Waals surface area contributed by atoms with Crippen LogP contribution in [0.1, 0.15) is 194 Å². The molecule has 0 saturated carbocycles. The lowest BCUT2D eigenvalue weighted by molar-refractivity contribution is -0.154. The molecule has 1 N–H and O–H groups in total. The van der Waals surface area contributed by atoms with E-state index in [2.05, 4.69) is 160 Å². The van der Waals surface area contributed by atoms with Crippen LogP contribution in [0.3, 0.4) is 0 Å². The molecular weight excluding hydrogens is 773 g/mol. The average molecular weight is 867 g/mol. The van der Waals surface area contributed by atoms with Crippen molar-refractivity contribution in [1.29, 1.82) is 0 Å². The summed E-state index contributed by atoms with van der Waals surface area (Å²) < 4.78 is 11.2. The van der Waals surface area contributed by atoms with Crippen molar-refractivity contribution in [2.75, 3.05) is 19.8 Å². The van der Waals surface area contributed by atoms with Gasteiger partial charge in [-0.05, 0) is 116 Å². The van der Waals surface area contributed by atoms with Crippen LogP contribution in [0.15, 0.2) is 146 Å². The first-order valence-electron chi connectivity index (χ1n) is 25.4. The third kappa shape index (κ3) is 52.5. The van der Waals surface area contributed by atoms with Gasteiger partial charge in [0.25, 0.3) is 0 Å². The molecule has 0 aromatic carbocycles. The van der Waals surface area contributed by atoms with E-state index in [-0.39, 0.29) is 19.2 Å². The first kappa shape index (κ1) is 59.3. The van der Waals surface area contributed by atoms with Crippen molar-refractivity contribution < 1.29 is 19.4 Å².